The lowest BCUT2D eigenvalue weighted by atomic mass is 10.0. The van der Waals surface area contributed by atoms with Crippen LogP contribution >= 0.6 is 0 Å². The van der Waals surface area contributed by atoms with E-state index in [0.717, 1.165) is 5.69 Å². The van der Waals surface area contributed by atoms with Crippen molar-refractivity contribution in [1.29, 1.82) is 5.26 Å². The number of rotatable bonds is 3. The zero-order valence-corrected chi connectivity index (χ0v) is 11.4. The molecule has 0 fully saturated rings. The largest absolute Gasteiger partial charge is 0.321 e. The molecule has 100 valence electrons. The lowest BCUT2D eigenvalue weighted by molar-refractivity contribution is 0.102. The molecular weight excluding hydrogens is 250 g/mol. The van der Waals surface area contributed by atoms with Gasteiger partial charge in [0.25, 0.3) is 5.91 Å². The molecule has 4 nitrogen and oxygen atoms in total. The van der Waals surface area contributed by atoms with Crippen molar-refractivity contribution in [2.75, 3.05) is 5.32 Å². The molecule has 20 heavy (non-hydrogen) atoms. The molecule has 0 bridgehead atoms. The first kappa shape index (κ1) is 13.8. The van der Waals surface area contributed by atoms with Crippen LogP contribution in [0.5, 0.6) is 0 Å². The average molecular weight is 265 g/mol. The van der Waals surface area contributed by atoms with E-state index >= 15 is 0 Å². The van der Waals surface area contributed by atoms with Crippen LogP contribution in [-0.2, 0) is 0 Å². The summed E-state index contributed by atoms with van der Waals surface area (Å²) in [4.78, 5) is 15.9. The van der Waals surface area contributed by atoms with Crippen molar-refractivity contribution >= 4 is 11.6 Å². The molecule has 1 N–H and O–H groups in total. The Morgan fingerprint density at radius 2 is 1.90 bits per heavy atom. The second-order valence-electron chi connectivity index (χ2n) is 4.77. The van der Waals surface area contributed by atoms with E-state index in [9.17, 15) is 4.79 Å². The number of hydrogen-bond donors (Lipinski definition) is 1. The molecule has 0 saturated carbocycles. The maximum absolute atomic E-state index is 12.0. The molecule has 1 amide bonds. The van der Waals surface area contributed by atoms with Gasteiger partial charge in [0.1, 0.15) is 11.8 Å². The van der Waals surface area contributed by atoms with Crippen LogP contribution < -0.4 is 5.32 Å². The van der Waals surface area contributed by atoms with Crippen molar-refractivity contribution in [3.05, 3.63) is 59.4 Å². The number of carbonyl (C=O) groups excluding carboxylic acids is 1. The third-order valence-corrected chi connectivity index (χ3v) is 2.96. The van der Waals surface area contributed by atoms with Gasteiger partial charge in [0.05, 0.1) is 5.56 Å². The van der Waals surface area contributed by atoms with Gasteiger partial charge in [0.15, 0.2) is 0 Å². The number of carbonyl (C=O) groups is 1. The first-order valence-electron chi connectivity index (χ1n) is 6.37. The van der Waals surface area contributed by atoms with Gasteiger partial charge in [-0.3, -0.25) is 4.79 Å². The minimum atomic E-state index is -0.285. The molecule has 0 spiro atoms. The Hall–Kier alpha value is -2.67. The summed E-state index contributed by atoms with van der Waals surface area (Å²) < 4.78 is 0. The number of nitrogens with zero attached hydrogens (tertiary/aromatic N) is 2. The molecule has 0 atom stereocenters. The fourth-order valence-corrected chi connectivity index (χ4v) is 1.74. The number of hydrogen-bond acceptors (Lipinski definition) is 3. The van der Waals surface area contributed by atoms with E-state index in [1.165, 1.54) is 17.8 Å². The summed E-state index contributed by atoms with van der Waals surface area (Å²) in [6.45, 7) is 4.24. The third-order valence-electron chi connectivity index (χ3n) is 2.96. The highest BCUT2D eigenvalue weighted by Crippen LogP contribution is 2.17. The van der Waals surface area contributed by atoms with Crippen molar-refractivity contribution in [2.45, 2.75) is 19.8 Å². The van der Waals surface area contributed by atoms with Gasteiger partial charge in [-0.1, -0.05) is 26.0 Å². The van der Waals surface area contributed by atoms with Gasteiger partial charge in [-0.05, 0) is 35.7 Å². The number of pyridine rings is 1. The molecule has 0 saturated heterocycles. The maximum Gasteiger partial charge on any atom is 0.274 e. The van der Waals surface area contributed by atoms with Crippen LogP contribution in [0, 0.1) is 11.3 Å². The van der Waals surface area contributed by atoms with Crippen LogP contribution in [0.4, 0.5) is 5.69 Å². The van der Waals surface area contributed by atoms with Crippen molar-refractivity contribution in [2.24, 2.45) is 0 Å². The van der Waals surface area contributed by atoms with E-state index in [4.69, 9.17) is 5.26 Å². The van der Waals surface area contributed by atoms with E-state index in [1.807, 2.05) is 30.3 Å². The van der Waals surface area contributed by atoms with Crippen molar-refractivity contribution in [3.63, 3.8) is 0 Å². The SMILES string of the molecule is CC(C)c1ccc(NC(=O)c2ccc(C#N)cn2)cc1. The van der Waals surface area contributed by atoms with Crippen molar-refractivity contribution in [1.82, 2.24) is 4.98 Å². The molecule has 0 radical (unpaired) electrons. The summed E-state index contributed by atoms with van der Waals surface area (Å²) in [5.74, 6) is 0.173. The topological polar surface area (TPSA) is 65.8 Å². The molecule has 1 heterocycles. The molecule has 0 aliphatic heterocycles. The molecule has 4 heteroatoms. The predicted molar refractivity (Wildman–Crippen MR) is 77.4 cm³/mol. The number of nitrogens with one attached hydrogen (secondary N) is 1. The summed E-state index contributed by atoms with van der Waals surface area (Å²) in [6.07, 6.45) is 1.39. The van der Waals surface area contributed by atoms with Crippen LogP contribution in [0.15, 0.2) is 42.6 Å². The zero-order valence-electron chi connectivity index (χ0n) is 11.4. The third kappa shape index (κ3) is 3.21. The van der Waals surface area contributed by atoms with Gasteiger partial charge in [-0.2, -0.15) is 5.26 Å². The second kappa shape index (κ2) is 5.98. The fourth-order valence-electron chi connectivity index (χ4n) is 1.74. The number of nitriles is 1. The summed E-state index contributed by atoms with van der Waals surface area (Å²) in [5, 5.41) is 11.5. The van der Waals surface area contributed by atoms with Crippen molar-refractivity contribution < 1.29 is 4.79 Å². The number of benzene rings is 1. The smallest absolute Gasteiger partial charge is 0.274 e. The van der Waals surface area contributed by atoms with Gasteiger partial charge in [0, 0.05) is 11.9 Å². The summed E-state index contributed by atoms with van der Waals surface area (Å²) in [6, 6.07) is 12.8. The molecular formula is C16H15N3O. The zero-order chi connectivity index (χ0) is 14.5. The predicted octanol–water partition coefficient (Wildman–Crippen LogP) is 3.33. The average Bonchev–Trinajstić information content (AvgIpc) is 2.48. The minimum absolute atomic E-state index is 0.285. The molecule has 0 unspecified atom stereocenters. The fraction of sp³-hybridized carbons (Fsp3) is 0.188. The van der Waals surface area contributed by atoms with E-state index in [-0.39, 0.29) is 11.6 Å². The van der Waals surface area contributed by atoms with Crippen molar-refractivity contribution in [3.8, 4) is 6.07 Å². The molecule has 0 aliphatic carbocycles. The summed E-state index contributed by atoms with van der Waals surface area (Å²) >= 11 is 0. The molecule has 1 aromatic heterocycles. The molecule has 2 aromatic rings. The van der Waals surface area contributed by atoms with Gasteiger partial charge >= 0.3 is 0 Å². The number of anilines is 1. The number of aromatic nitrogens is 1. The Kier molecular flexibility index (Phi) is 4.11. The number of amides is 1. The lowest BCUT2D eigenvalue weighted by Gasteiger charge is -2.08. The van der Waals surface area contributed by atoms with Gasteiger partial charge in [0.2, 0.25) is 0 Å². The normalized spacial score (nSPS) is 10.1. The van der Waals surface area contributed by atoms with Crippen LogP contribution in [0.1, 0.15) is 41.4 Å². The van der Waals surface area contributed by atoms with E-state index in [2.05, 4.69) is 24.1 Å². The van der Waals surface area contributed by atoms with Crippen LogP contribution in [-0.4, -0.2) is 10.9 Å². The monoisotopic (exact) mass is 265 g/mol. The lowest BCUT2D eigenvalue weighted by Crippen LogP contribution is -2.13. The highest BCUT2D eigenvalue weighted by molar-refractivity contribution is 6.02. The highest BCUT2D eigenvalue weighted by Gasteiger charge is 2.08. The van der Waals surface area contributed by atoms with Gasteiger partial charge in [-0.25, -0.2) is 4.98 Å². The quantitative estimate of drug-likeness (QED) is 0.925. The molecule has 1 aromatic carbocycles. The van der Waals surface area contributed by atoms with Crippen LogP contribution in [0.3, 0.4) is 0 Å². The Labute approximate surface area is 118 Å². The van der Waals surface area contributed by atoms with Gasteiger partial charge < -0.3 is 5.32 Å². The Bertz CT molecular complexity index is 637. The summed E-state index contributed by atoms with van der Waals surface area (Å²) in [7, 11) is 0. The molecule has 2 rings (SSSR count). The second-order valence-corrected chi connectivity index (χ2v) is 4.77. The van der Waals surface area contributed by atoms with Gasteiger partial charge in [-0.15, -0.1) is 0 Å². The molecule has 0 aliphatic rings. The highest BCUT2D eigenvalue weighted by atomic mass is 16.1. The first-order valence-corrected chi connectivity index (χ1v) is 6.37. The minimum Gasteiger partial charge on any atom is -0.321 e. The first-order chi connectivity index (χ1) is 9.60. The van der Waals surface area contributed by atoms with E-state index < -0.39 is 0 Å². The Balaban J connectivity index is 2.09. The Morgan fingerprint density at radius 3 is 2.40 bits per heavy atom. The summed E-state index contributed by atoms with van der Waals surface area (Å²) in [5.41, 5.74) is 2.67. The van der Waals surface area contributed by atoms with Crippen LogP contribution in [0.25, 0.3) is 0 Å². The van der Waals surface area contributed by atoms with E-state index in [0.29, 0.717) is 11.5 Å². The van der Waals surface area contributed by atoms with Crippen LogP contribution in [0.2, 0.25) is 0 Å². The standard InChI is InChI=1S/C16H15N3O/c1-11(2)13-4-6-14(7-5-13)19-16(20)15-8-3-12(9-17)10-18-15/h3-8,10-11H,1-2H3,(H,19,20). The Morgan fingerprint density at radius 1 is 1.20 bits per heavy atom. The van der Waals surface area contributed by atoms with E-state index in [1.54, 1.807) is 6.07 Å². The maximum atomic E-state index is 12.0.